The summed E-state index contributed by atoms with van der Waals surface area (Å²) in [5.74, 6) is 0.740. The van der Waals surface area contributed by atoms with E-state index in [9.17, 15) is 0 Å². The van der Waals surface area contributed by atoms with E-state index in [1.54, 1.807) is 18.4 Å². The fourth-order valence-corrected chi connectivity index (χ4v) is 3.67. The zero-order chi connectivity index (χ0) is 14.5. The summed E-state index contributed by atoms with van der Waals surface area (Å²) < 4.78 is 7.49. The van der Waals surface area contributed by atoms with Gasteiger partial charge in [0.1, 0.15) is 5.69 Å². The lowest BCUT2D eigenvalue weighted by molar-refractivity contribution is 0.283. The third-order valence-corrected chi connectivity index (χ3v) is 4.87. The SMILES string of the molecule is COc1nc2sccn2c1CNCCN1CCCCCC1. The topological polar surface area (TPSA) is 41.8 Å². The molecule has 1 aliphatic heterocycles. The average molecular weight is 308 g/mol. The van der Waals surface area contributed by atoms with E-state index in [0.29, 0.717) is 0 Å². The van der Waals surface area contributed by atoms with E-state index in [1.165, 1.54) is 38.8 Å². The Kier molecular flexibility index (Phi) is 5.11. The first-order valence-corrected chi connectivity index (χ1v) is 8.68. The predicted molar refractivity (Wildman–Crippen MR) is 86.2 cm³/mol. The van der Waals surface area contributed by atoms with Crippen molar-refractivity contribution < 1.29 is 4.74 Å². The molecule has 0 radical (unpaired) electrons. The minimum Gasteiger partial charge on any atom is -0.480 e. The summed E-state index contributed by atoms with van der Waals surface area (Å²) in [6, 6.07) is 0. The lowest BCUT2D eigenvalue weighted by Crippen LogP contribution is -2.32. The van der Waals surface area contributed by atoms with E-state index in [1.807, 2.05) is 0 Å². The minimum atomic E-state index is 0.740. The highest BCUT2D eigenvalue weighted by Crippen LogP contribution is 2.22. The standard InChI is InChI=1S/C15H24N4OS/c1-20-14-13(19-10-11-21-15(19)17-14)12-16-6-9-18-7-4-2-3-5-8-18/h10-11,16H,2-9,12H2,1H3. The van der Waals surface area contributed by atoms with E-state index < -0.39 is 0 Å². The van der Waals surface area contributed by atoms with Gasteiger partial charge in [-0.2, -0.15) is 4.98 Å². The molecule has 0 bridgehead atoms. The zero-order valence-electron chi connectivity index (χ0n) is 12.7. The van der Waals surface area contributed by atoms with Gasteiger partial charge in [-0.3, -0.25) is 4.40 Å². The molecule has 0 spiro atoms. The van der Waals surface area contributed by atoms with Gasteiger partial charge in [0.05, 0.1) is 7.11 Å². The summed E-state index contributed by atoms with van der Waals surface area (Å²) >= 11 is 1.64. The molecule has 0 saturated carbocycles. The van der Waals surface area contributed by atoms with Crippen molar-refractivity contribution >= 4 is 16.3 Å². The molecular formula is C15H24N4OS. The van der Waals surface area contributed by atoms with Crippen LogP contribution < -0.4 is 10.1 Å². The Balaban J connectivity index is 1.50. The highest BCUT2D eigenvalue weighted by atomic mass is 32.1. The van der Waals surface area contributed by atoms with Crippen LogP contribution >= 0.6 is 11.3 Å². The zero-order valence-corrected chi connectivity index (χ0v) is 13.5. The molecule has 0 aliphatic carbocycles. The number of nitrogens with one attached hydrogen (secondary N) is 1. The van der Waals surface area contributed by atoms with Gasteiger partial charge >= 0.3 is 0 Å². The van der Waals surface area contributed by atoms with Crippen molar-refractivity contribution in [3.8, 4) is 5.88 Å². The highest BCUT2D eigenvalue weighted by molar-refractivity contribution is 7.15. The van der Waals surface area contributed by atoms with Gasteiger partial charge < -0.3 is 15.0 Å². The molecule has 3 heterocycles. The Morgan fingerprint density at radius 1 is 1.29 bits per heavy atom. The lowest BCUT2D eigenvalue weighted by Gasteiger charge is -2.19. The lowest BCUT2D eigenvalue weighted by atomic mass is 10.2. The Morgan fingerprint density at radius 2 is 2.10 bits per heavy atom. The van der Waals surface area contributed by atoms with Crippen molar-refractivity contribution in [2.24, 2.45) is 0 Å². The van der Waals surface area contributed by atoms with Gasteiger partial charge in [0.25, 0.3) is 0 Å². The molecule has 1 aliphatic rings. The van der Waals surface area contributed by atoms with E-state index in [-0.39, 0.29) is 0 Å². The van der Waals surface area contributed by atoms with Crippen LogP contribution in [0.4, 0.5) is 0 Å². The molecule has 3 rings (SSSR count). The molecule has 1 fully saturated rings. The van der Waals surface area contributed by atoms with Crippen molar-refractivity contribution in [1.82, 2.24) is 19.6 Å². The van der Waals surface area contributed by atoms with Crippen molar-refractivity contribution in [2.45, 2.75) is 32.2 Å². The fraction of sp³-hybridized carbons (Fsp3) is 0.667. The number of ether oxygens (including phenoxy) is 1. The third-order valence-electron chi connectivity index (χ3n) is 4.11. The molecule has 0 atom stereocenters. The van der Waals surface area contributed by atoms with Crippen molar-refractivity contribution in [2.75, 3.05) is 33.3 Å². The maximum atomic E-state index is 5.38. The first-order chi connectivity index (χ1) is 10.4. The second kappa shape index (κ2) is 7.24. The number of likely N-dealkylation sites (tertiary alicyclic amines) is 1. The molecule has 116 valence electrons. The number of thiazole rings is 1. The molecule has 1 saturated heterocycles. The molecule has 0 aromatic carbocycles. The molecule has 2 aromatic rings. The molecule has 21 heavy (non-hydrogen) atoms. The Bertz CT molecular complexity index is 557. The quantitative estimate of drug-likeness (QED) is 0.832. The Labute approximate surface area is 129 Å². The Hall–Kier alpha value is -1.11. The smallest absolute Gasteiger partial charge is 0.237 e. The number of rotatable bonds is 6. The molecule has 6 heteroatoms. The van der Waals surface area contributed by atoms with E-state index in [2.05, 4.69) is 31.2 Å². The molecule has 0 amide bonds. The second-order valence-corrected chi connectivity index (χ2v) is 6.43. The molecule has 1 N–H and O–H groups in total. The summed E-state index contributed by atoms with van der Waals surface area (Å²) in [6.45, 7) is 5.46. The van der Waals surface area contributed by atoms with Gasteiger partial charge in [0, 0.05) is 31.2 Å². The third kappa shape index (κ3) is 3.56. The molecule has 0 unspecified atom stereocenters. The number of nitrogens with zero attached hydrogens (tertiary/aromatic N) is 3. The summed E-state index contributed by atoms with van der Waals surface area (Å²) in [4.78, 5) is 8.05. The number of fused-ring (bicyclic) bond motifs is 1. The number of aromatic nitrogens is 2. The minimum absolute atomic E-state index is 0.740. The van der Waals surface area contributed by atoms with Crippen LogP contribution in [0.2, 0.25) is 0 Å². The molecule has 2 aromatic heterocycles. The van der Waals surface area contributed by atoms with Crippen molar-refractivity contribution in [3.05, 3.63) is 17.3 Å². The predicted octanol–water partition coefficient (Wildman–Crippen LogP) is 2.37. The van der Waals surface area contributed by atoms with Crippen LogP contribution in [0.5, 0.6) is 5.88 Å². The first-order valence-electron chi connectivity index (χ1n) is 7.80. The van der Waals surface area contributed by atoms with Crippen LogP contribution in [0.25, 0.3) is 4.96 Å². The number of imidazole rings is 1. The van der Waals surface area contributed by atoms with Gasteiger partial charge in [-0.15, -0.1) is 11.3 Å². The number of hydrogen-bond donors (Lipinski definition) is 1. The second-order valence-electron chi connectivity index (χ2n) is 5.56. The van der Waals surface area contributed by atoms with Gasteiger partial charge in [-0.1, -0.05) is 12.8 Å². The Morgan fingerprint density at radius 3 is 2.86 bits per heavy atom. The van der Waals surface area contributed by atoms with Gasteiger partial charge in [0.15, 0.2) is 4.96 Å². The largest absolute Gasteiger partial charge is 0.480 e. The molecular weight excluding hydrogens is 284 g/mol. The van der Waals surface area contributed by atoms with Crippen LogP contribution in [-0.4, -0.2) is 47.6 Å². The summed E-state index contributed by atoms with van der Waals surface area (Å²) in [7, 11) is 1.69. The van der Waals surface area contributed by atoms with Gasteiger partial charge in [-0.25, -0.2) is 0 Å². The van der Waals surface area contributed by atoms with Crippen LogP contribution in [0.1, 0.15) is 31.4 Å². The van der Waals surface area contributed by atoms with Gasteiger partial charge in [-0.05, 0) is 25.9 Å². The number of methoxy groups -OCH3 is 1. The van der Waals surface area contributed by atoms with Crippen LogP contribution in [0.3, 0.4) is 0 Å². The summed E-state index contributed by atoms with van der Waals surface area (Å²) in [5.41, 5.74) is 1.12. The van der Waals surface area contributed by atoms with Crippen LogP contribution in [0.15, 0.2) is 11.6 Å². The summed E-state index contributed by atoms with van der Waals surface area (Å²) in [6.07, 6.45) is 7.56. The van der Waals surface area contributed by atoms with Crippen LogP contribution in [-0.2, 0) is 6.54 Å². The summed E-state index contributed by atoms with van der Waals surface area (Å²) in [5, 5.41) is 5.59. The maximum absolute atomic E-state index is 5.38. The number of hydrogen-bond acceptors (Lipinski definition) is 5. The first kappa shape index (κ1) is 14.8. The average Bonchev–Trinajstić information content (AvgIpc) is 2.97. The van der Waals surface area contributed by atoms with E-state index in [0.717, 1.165) is 36.2 Å². The van der Waals surface area contributed by atoms with Gasteiger partial charge in [0.2, 0.25) is 5.88 Å². The van der Waals surface area contributed by atoms with Crippen molar-refractivity contribution in [1.29, 1.82) is 0 Å². The normalized spacial score (nSPS) is 17.2. The monoisotopic (exact) mass is 308 g/mol. The molecule has 5 nitrogen and oxygen atoms in total. The highest BCUT2D eigenvalue weighted by Gasteiger charge is 2.13. The fourth-order valence-electron chi connectivity index (χ4n) is 2.94. The van der Waals surface area contributed by atoms with E-state index in [4.69, 9.17) is 4.74 Å². The van der Waals surface area contributed by atoms with E-state index >= 15 is 0 Å². The van der Waals surface area contributed by atoms with Crippen molar-refractivity contribution in [3.63, 3.8) is 0 Å². The maximum Gasteiger partial charge on any atom is 0.237 e. The van der Waals surface area contributed by atoms with Crippen LogP contribution in [0, 0.1) is 0 Å².